The first-order valence-electron chi connectivity index (χ1n) is 9.39. The molecule has 5 nitrogen and oxygen atoms in total. The SMILES string of the molecule is Cc1nc2cc(F)ccc2c(=O)n1CC1CCN(Cc2ccccn2)CC1. The molecule has 0 N–H and O–H groups in total. The van der Waals surface area contributed by atoms with Crippen LogP contribution in [0.1, 0.15) is 24.4 Å². The molecule has 1 aromatic carbocycles. The average Bonchev–Trinajstić information content (AvgIpc) is 2.67. The zero-order valence-corrected chi connectivity index (χ0v) is 15.4. The number of nitrogens with zero attached hydrogens (tertiary/aromatic N) is 4. The first-order chi connectivity index (χ1) is 13.1. The first kappa shape index (κ1) is 17.8. The standard InChI is InChI=1S/C21H23FN4O/c1-15-24-20-12-17(22)5-6-19(20)21(27)26(15)13-16-7-10-25(11-8-16)14-18-4-2-3-9-23-18/h2-6,9,12,16H,7-8,10-11,13-14H2,1H3. The number of likely N-dealkylation sites (tertiary alicyclic amines) is 1. The summed E-state index contributed by atoms with van der Waals surface area (Å²) in [6.45, 7) is 5.36. The van der Waals surface area contributed by atoms with E-state index in [4.69, 9.17) is 0 Å². The van der Waals surface area contributed by atoms with Crippen LogP contribution in [0.3, 0.4) is 0 Å². The molecule has 1 aliphatic rings. The Balaban J connectivity index is 1.45. The number of piperidine rings is 1. The van der Waals surface area contributed by atoms with Crippen molar-refractivity contribution in [3.8, 4) is 0 Å². The summed E-state index contributed by atoms with van der Waals surface area (Å²) in [5, 5.41) is 0.481. The molecule has 27 heavy (non-hydrogen) atoms. The lowest BCUT2D eigenvalue weighted by atomic mass is 9.96. The Kier molecular flexibility index (Phi) is 4.99. The molecule has 2 aromatic heterocycles. The average molecular weight is 366 g/mol. The molecule has 0 bridgehead atoms. The molecular formula is C21H23FN4O. The van der Waals surface area contributed by atoms with Gasteiger partial charge in [0.2, 0.25) is 0 Å². The molecule has 3 aromatic rings. The Bertz CT molecular complexity index is 994. The lowest BCUT2D eigenvalue weighted by Crippen LogP contribution is -2.36. The van der Waals surface area contributed by atoms with E-state index in [0.717, 1.165) is 38.2 Å². The van der Waals surface area contributed by atoms with Gasteiger partial charge < -0.3 is 0 Å². The highest BCUT2D eigenvalue weighted by Crippen LogP contribution is 2.21. The van der Waals surface area contributed by atoms with Crippen LogP contribution < -0.4 is 5.56 Å². The van der Waals surface area contributed by atoms with E-state index >= 15 is 0 Å². The second kappa shape index (κ2) is 7.56. The third-order valence-corrected chi connectivity index (χ3v) is 5.37. The van der Waals surface area contributed by atoms with Crippen molar-refractivity contribution in [3.63, 3.8) is 0 Å². The molecule has 1 aliphatic heterocycles. The van der Waals surface area contributed by atoms with Crippen LogP contribution in [0.25, 0.3) is 10.9 Å². The summed E-state index contributed by atoms with van der Waals surface area (Å²) in [7, 11) is 0. The van der Waals surface area contributed by atoms with Crippen LogP contribution in [0, 0.1) is 18.7 Å². The van der Waals surface area contributed by atoms with Gasteiger partial charge >= 0.3 is 0 Å². The van der Waals surface area contributed by atoms with Gasteiger partial charge in [0.15, 0.2) is 0 Å². The summed E-state index contributed by atoms with van der Waals surface area (Å²) in [6.07, 6.45) is 3.91. The minimum atomic E-state index is -0.369. The third-order valence-electron chi connectivity index (χ3n) is 5.37. The zero-order valence-electron chi connectivity index (χ0n) is 15.4. The number of halogens is 1. The summed E-state index contributed by atoms with van der Waals surface area (Å²) in [6, 6.07) is 10.2. The van der Waals surface area contributed by atoms with E-state index in [1.807, 2.05) is 25.3 Å². The maximum atomic E-state index is 13.4. The zero-order chi connectivity index (χ0) is 18.8. The molecule has 0 aliphatic carbocycles. The lowest BCUT2D eigenvalue weighted by Gasteiger charge is -2.32. The normalized spacial score (nSPS) is 16.1. The van der Waals surface area contributed by atoms with Crippen molar-refractivity contribution in [2.75, 3.05) is 13.1 Å². The Morgan fingerprint density at radius 3 is 2.74 bits per heavy atom. The smallest absolute Gasteiger partial charge is 0.261 e. The number of hydrogen-bond donors (Lipinski definition) is 0. The summed E-state index contributed by atoms with van der Waals surface area (Å²) < 4.78 is 15.2. The van der Waals surface area contributed by atoms with Gasteiger partial charge in [0.1, 0.15) is 11.6 Å². The maximum Gasteiger partial charge on any atom is 0.261 e. The van der Waals surface area contributed by atoms with Crippen LogP contribution in [-0.2, 0) is 13.1 Å². The van der Waals surface area contributed by atoms with E-state index in [-0.39, 0.29) is 11.4 Å². The highest BCUT2D eigenvalue weighted by Gasteiger charge is 2.21. The second-order valence-electron chi connectivity index (χ2n) is 7.28. The molecule has 0 amide bonds. The van der Waals surface area contributed by atoms with Gasteiger partial charge in [0.05, 0.1) is 16.6 Å². The number of aryl methyl sites for hydroxylation is 1. The number of benzene rings is 1. The van der Waals surface area contributed by atoms with Gasteiger partial charge in [0.25, 0.3) is 5.56 Å². The van der Waals surface area contributed by atoms with Crippen molar-refractivity contribution in [2.24, 2.45) is 5.92 Å². The van der Waals surface area contributed by atoms with E-state index < -0.39 is 0 Å². The van der Waals surface area contributed by atoms with Crippen molar-refractivity contribution >= 4 is 10.9 Å². The van der Waals surface area contributed by atoms with Crippen LogP contribution in [0.4, 0.5) is 4.39 Å². The summed E-state index contributed by atoms with van der Waals surface area (Å²) in [5.41, 5.74) is 1.45. The predicted molar refractivity (Wildman–Crippen MR) is 103 cm³/mol. The van der Waals surface area contributed by atoms with E-state index in [1.54, 1.807) is 4.57 Å². The van der Waals surface area contributed by atoms with Crippen molar-refractivity contribution in [2.45, 2.75) is 32.9 Å². The number of aromatic nitrogens is 3. The molecule has 1 fully saturated rings. The molecule has 0 atom stereocenters. The third kappa shape index (κ3) is 3.90. The highest BCUT2D eigenvalue weighted by molar-refractivity contribution is 5.77. The summed E-state index contributed by atoms with van der Waals surface area (Å²) in [5.74, 6) is 0.724. The Morgan fingerprint density at radius 1 is 1.19 bits per heavy atom. The lowest BCUT2D eigenvalue weighted by molar-refractivity contribution is 0.164. The van der Waals surface area contributed by atoms with Gasteiger partial charge in [-0.3, -0.25) is 19.2 Å². The second-order valence-corrected chi connectivity index (χ2v) is 7.28. The monoisotopic (exact) mass is 366 g/mol. The minimum absolute atomic E-state index is 0.0755. The number of hydrogen-bond acceptors (Lipinski definition) is 4. The van der Waals surface area contributed by atoms with Crippen molar-refractivity contribution in [1.29, 1.82) is 0 Å². The van der Waals surface area contributed by atoms with Gasteiger partial charge in [-0.1, -0.05) is 6.07 Å². The van der Waals surface area contributed by atoms with E-state index in [1.165, 1.54) is 18.2 Å². The van der Waals surface area contributed by atoms with Crippen LogP contribution in [0.2, 0.25) is 0 Å². The van der Waals surface area contributed by atoms with Crippen molar-refractivity contribution < 1.29 is 4.39 Å². The molecule has 4 rings (SSSR count). The van der Waals surface area contributed by atoms with Gasteiger partial charge in [-0.15, -0.1) is 0 Å². The Labute approximate surface area is 157 Å². The fourth-order valence-electron chi connectivity index (χ4n) is 3.83. The first-order valence-corrected chi connectivity index (χ1v) is 9.39. The molecule has 6 heteroatoms. The topological polar surface area (TPSA) is 51.0 Å². The largest absolute Gasteiger partial charge is 0.297 e. The van der Waals surface area contributed by atoms with Crippen LogP contribution >= 0.6 is 0 Å². The van der Waals surface area contributed by atoms with E-state index in [9.17, 15) is 9.18 Å². The number of fused-ring (bicyclic) bond motifs is 1. The minimum Gasteiger partial charge on any atom is -0.297 e. The van der Waals surface area contributed by atoms with E-state index in [0.29, 0.717) is 29.2 Å². The number of pyridine rings is 1. The molecular weight excluding hydrogens is 343 g/mol. The molecule has 140 valence electrons. The molecule has 3 heterocycles. The van der Waals surface area contributed by atoms with Crippen LogP contribution in [-0.4, -0.2) is 32.5 Å². The number of rotatable bonds is 4. The van der Waals surface area contributed by atoms with E-state index in [2.05, 4.69) is 20.9 Å². The highest BCUT2D eigenvalue weighted by atomic mass is 19.1. The predicted octanol–water partition coefficient (Wildman–Crippen LogP) is 3.15. The maximum absolute atomic E-state index is 13.4. The Hall–Kier alpha value is -2.60. The quantitative estimate of drug-likeness (QED) is 0.712. The van der Waals surface area contributed by atoms with Crippen LogP contribution in [0.5, 0.6) is 0 Å². The molecule has 1 saturated heterocycles. The molecule has 0 unspecified atom stereocenters. The van der Waals surface area contributed by atoms with Crippen molar-refractivity contribution in [3.05, 3.63) is 70.3 Å². The van der Waals surface area contributed by atoms with Gasteiger partial charge in [-0.2, -0.15) is 0 Å². The molecule has 0 spiro atoms. The van der Waals surface area contributed by atoms with Gasteiger partial charge in [0, 0.05) is 25.4 Å². The van der Waals surface area contributed by atoms with Gasteiger partial charge in [-0.05, 0) is 63.0 Å². The molecule has 0 radical (unpaired) electrons. The summed E-state index contributed by atoms with van der Waals surface area (Å²) in [4.78, 5) is 24.1. The van der Waals surface area contributed by atoms with Gasteiger partial charge in [-0.25, -0.2) is 9.37 Å². The summed E-state index contributed by atoms with van der Waals surface area (Å²) >= 11 is 0. The van der Waals surface area contributed by atoms with Crippen molar-refractivity contribution in [1.82, 2.24) is 19.4 Å². The Morgan fingerprint density at radius 2 is 2.00 bits per heavy atom. The fraction of sp³-hybridized carbons (Fsp3) is 0.381. The van der Waals surface area contributed by atoms with Crippen LogP contribution in [0.15, 0.2) is 47.4 Å². The fourth-order valence-corrected chi connectivity index (χ4v) is 3.83. The molecule has 0 saturated carbocycles.